The molecule has 0 bridgehead atoms. The number of amides is 1. The van der Waals surface area contributed by atoms with E-state index >= 15 is 0 Å². The fourth-order valence-electron chi connectivity index (χ4n) is 4.05. The third-order valence-electron chi connectivity index (χ3n) is 5.66. The highest BCUT2D eigenvalue weighted by Crippen LogP contribution is 2.44. The third kappa shape index (κ3) is 4.38. The summed E-state index contributed by atoms with van der Waals surface area (Å²) in [4.78, 5) is 23.4. The Balaban J connectivity index is 1.29. The fourth-order valence-corrected chi connectivity index (χ4v) is 4.90. The van der Waals surface area contributed by atoms with Crippen LogP contribution < -0.4 is 5.32 Å². The lowest BCUT2D eigenvalue weighted by Crippen LogP contribution is -2.31. The first-order chi connectivity index (χ1) is 15.5. The van der Waals surface area contributed by atoms with Crippen LogP contribution in [-0.4, -0.2) is 46.6 Å². The molecule has 7 nitrogen and oxygen atoms in total. The van der Waals surface area contributed by atoms with E-state index in [0.717, 1.165) is 33.6 Å². The average molecular weight is 454 g/mol. The number of alkyl carbamates (subject to hydrolysis) is 1. The molecule has 2 unspecified atom stereocenters. The Morgan fingerprint density at radius 1 is 1.00 bits per heavy atom. The summed E-state index contributed by atoms with van der Waals surface area (Å²) >= 11 is 1.14. The number of hydrogen-bond donors (Lipinski definition) is 4. The van der Waals surface area contributed by atoms with Crippen molar-refractivity contribution < 1.29 is 29.6 Å². The molecule has 0 fully saturated rings. The first-order valence-electron chi connectivity index (χ1n) is 10.2. The minimum Gasteiger partial charge on any atom is -0.478 e. The number of rotatable bonds is 8. The van der Waals surface area contributed by atoms with Crippen molar-refractivity contribution in [1.29, 1.82) is 0 Å². The zero-order valence-corrected chi connectivity index (χ0v) is 17.9. The molecule has 0 spiro atoms. The van der Waals surface area contributed by atoms with Crippen molar-refractivity contribution in [3.05, 3.63) is 81.5 Å². The van der Waals surface area contributed by atoms with Crippen LogP contribution in [0.3, 0.4) is 0 Å². The molecule has 0 radical (unpaired) electrons. The van der Waals surface area contributed by atoms with E-state index in [1.54, 1.807) is 0 Å². The summed E-state index contributed by atoms with van der Waals surface area (Å²) in [6, 6.07) is 16.1. The van der Waals surface area contributed by atoms with Gasteiger partial charge in [-0.2, -0.15) is 11.3 Å². The second-order valence-corrected chi connectivity index (χ2v) is 8.34. The first kappa shape index (κ1) is 22.0. The van der Waals surface area contributed by atoms with E-state index in [-0.39, 0.29) is 36.6 Å². The molecule has 2 atom stereocenters. The second-order valence-electron chi connectivity index (χ2n) is 7.60. The van der Waals surface area contributed by atoms with Crippen molar-refractivity contribution >= 4 is 23.4 Å². The molecule has 3 aromatic rings. The standard InChI is InChI=1S/C24H23NO6S/c26-21(22(27)19-12-32-13-20(19)23(28)29)9-10-25-24(30)31-11-18-16-7-3-1-5-14(16)15-6-2-4-8-17(15)18/h1-8,12-13,18,21-22,26-27H,9-11H2,(H,25,30)(H,28,29). The number of carboxylic acid groups (broad SMARTS) is 1. The van der Waals surface area contributed by atoms with Gasteiger partial charge in [-0.3, -0.25) is 0 Å². The lowest BCUT2D eigenvalue weighted by Gasteiger charge is -2.18. The molecular formula is C24H23NO6S. The molecule has 4 rings (SSSR count). The molecule has 0 aliphatic heterocycles. The van der Waals surface area contributed by atoms with Crippen LogP contribution in [0.25, 0.3) is 11.1 Å². The van der Waals surface area contributed by atoms with Gasteiger partial charge in [-0.25, -0.2) is 9.59 Å². The van der Waals surface area contributed by atoms with Crippen molar-refractivity contribution in [3.63, 3.8) is 0 Å². The predicted octanol–water partition coefficient (Wildman–Crippen LogP) is 3.77. The topological polar surface area (TPSA) is 116 Å². The van der Waals surface area contributed by atoms with Gasteiger partial charge in [0.25, 0.3) is 0 Å². The van der Waals surface area contributed by atoms with Crippen LogP contribution >= 0.6 is 11.3 Å². The molecule has 2 aromatic carbocycles. The third-order valence-corrected chi connectivity index (χ3v) is 6.42. The number of aliphatic hydroxyl groups is 2. The number of nitrogens with one attached hydrogen (secondary N) is 1. The molecule has 0 saturated carbocycles. The zero-order chi connectivity index (χ0) is 22.7. The number of carboxylic acids is 1. The molecule has 1 aromatic heterocycles. The SMILES string of the molecule is O=C(NCCC(O)C(O)c1cscc1C(=O)O)OCC1c2ccccc2-c2ccccc21. The van der Waals surface area contributed by atoms with Crippen molar-refractivity contribution in [2.75, 3.05) is 13.2 Å². The van der Waals surface area contributed by atoms with Crippen LogP contribution in [-0.2, 0) is 4.74 Å². The molecule has 0 saturated heterocycles. The summed E-state index contributed by atoms with van der Waals surface area (Å²) in [6.45, 7) is 0.253. The summed E-state index contributed by atoms with van der Waals surface area (Å²) in [5.74, 6) is -1.21. The Hall–Kier alpha value is -3.20. The summed E-state index contributed by atoms with van der Waals surface area (Å²) in [5.41, 5.74) is 4.64. The maximum atomic E-state index is 12.2. The highest BCUT2D eigenvalue weighted by atomic mass is 32.1. The Bertz CT molecular complexity index is 1080. The van der Waals surface area contributed by atoms with Crippen molar-refractivity contribution in [2.45, 2.75) is 24.5 Å². The van der Waals surface area contributed by atoms with Crippen LogP contribution in [0.1, 0.15) is 45.5 Å². The number of benzene rings is 2. The van der Waals surface area contributed by atoms with E-state index in [2.05, 4.69) is 17.4 Å². The Morgan fingerprint density at radius 2 is 1.62 bits per heavy atom. The largest absolute Gasteiger partial charge is 0.478 e. The number of thiophene rings is 1. The number of aliphatic hydroxyl groups excluding tert-OH is 2. The highest BCUT2D eigenvalue weighted by Gasteiger charge is 2.29. The molecule has 4 N–H and O–H groups in total. The van der Waals surface area contributed by atoms with Crippen LogP contribution in [0.15, 0.2) is 59.3 Å². The Morgan fingerprint density at radius 3 is 2.25 bits per heavy atom. The van der Waals surface area contributed by atoms with Crippen LogP contribution in [0, 0.1) is 0 Å². The monoisotopic (exact) mass is 453 g/mol. The quantitative estimate of drug-likeness (QED) is 0.413. The van der Waals surface area contributed by atoms with E-state index in [1.807, 2.05) is 36.4 Å². The number of fused-ring (bicyclic) bond motifs is 3. The summed E-state index contributed by atoms with van der Waals surface area (Å²) in [7, 11) is 0. The first-order valence-corrected chi connectivity index (χ1v) is 11.2. The molecule has 166 valence electrons. The smallest absolute Gasteiger partial charge is 0.407 e. The number of hydrogen-bond acceptors (Lipinski definition) is 6. The maximum absolute atomic E-state index is 12.2. The van der Waals surface area contributed by atoms with E-state index in [9.17, 15) is 19.8 Å². The maximum Gasteiger partial charge on any atom is 0.407 e. The Labute approximate surface area is 188 Å². The van der Waals surface area contributed by atoms with E-state index in [1.165, 1.54) is 10.8 Å². The van der Waals surface area contributed by atoms with Gasteiger partial charge in [0.05, 0.1) is 11.7 Å². The van der Waals surface area contributed by atoms with Gasteiger partial charge in [-0.05, 0) is 34.1 Å². The lowest BCUT2D eigenvalue weighted by molar-refractivity contribution is 0.0130. The summed E-state index contributed by atoms with van der Waals surface area (Å²) in [6.07, 6.45) is -3.15. The van der Waals surface area contributed by atoms with Gasteiger partial charge in [0.2, 0.25) is 0 Å². The minimum absolute atomic E-state index is 0.0361. The lowest BCUT2D eigenvalue weighted by atomic mass is 9.98. The number of aromatic carboxylic acids is 1. The zero-order valence-electron chi connectivity index (χ0n) is 17.1. The van der Waals surface area contributed by atoms with E-state index in [0.29, 0.717) is 0 Å². The molecule has 1 aliphatic rings. The van der Waals surface area contributed by atoms with Gasteiger partial charge in [0, 0.05) is 23.4 Å². The summed E-state index contributed by atoms with van der Waals surface area (Å²) in [5, 5.41) is 35.1. The number of carbonyl (C=O) groups excluding carboxylic acids is 1. The van der Waals surface area contributed by atoms with Crippen molar-refractivity contribution in [2.24, 2.45) is 0 Å². The number of ether oxygens (including phenoxy) is 1. The Kier molecular flexibility index (Phi) is 6.55. The molecule has 32 heavy (non-hydrogen) atoms. The van der Waals surface area contributed by atoms with Crippen LogP contribution in [0.4, 0.5) is 4.79 Å². The summed E-state index contributed by atoms with van der Waals surface area (Å²) < 4.78 is 5.43. The van der Waals surface area contributed by atoms with Gasteiger partial charge in [0.1, 0.15) is 12.7 Å². The minimum atomic E-state index is -1.35. The van der Waals surface area contributed by atoms with Gasteiger partial charge < -0.3 is 25.4 Å². The highest BCUT2D eigenvalue weighted by molar-refractivity contribution is 7.08. The fraction of sp³-hybridized carbons (Fsp3) is 0.250. The van der Waals surface area contributed by atoms with E-state index < -0.39 is 24.3 Å². The predicted molar refractivity (Wildman–Crippen MR) is 120 cm³/mol. The van der Waals surface area contributed by atoms with Gasteiger partial charge in [-0.1, -0.05) is 48.5 Å². The molecule has 8 heteroatoms. The van der Waals surface area contributed by atoms with Crippen LogP contribution in [0.2, 0.25) is 0 Å². The van der Waals surface area contributed by atoms with Gasteiger partial charge >= 0.3 is 12.1 Å². The normalized spacial score (nSPS) is 14.3. The van der Waals surface area contributed by atoms with Gasteiger partial charge in [0.15, 0.2) is 0 Å². The molecular weight excluding hydrogens is 430 g/mol. The molecule has 1 aliphatic carbocycles. The average Bonchev–Trinajstić information content (AvgIpc) is 3.41. The second kappa shape index (κ2) is 9.52. The molecule has 1 heterocycles. The van der Waals surface area contributed by atoms with Crippen LogP contribution in [0.5, 0.6) is 0 Å². The van der Waals surface area contributed by atoms with Gasteiger partial charge in [-0.15, -0.1) is 0 Å². The van der Waals surface area contributed by atoms with E-state index in [4.69, 9.17) is 9.84 Å². The van der Waals surface area contributed by atoms with Crippen molar-refractivity contribution in [3.8, 4) is 11.1 Å². The van der Waals surface area contributed by atoms with Crippen molar-refractivity contribution in [1.82, 2.24) is 5.32 Å². The molecule has 1 amide bonds. The number of carbonyl (C=O) groups is 2.